The summed E-state index contributed by atoms with van der Waals surface area (Å²) in [7, 11) is 1.92. The van der Waals surface area contributed by atoms with Gasteiger partial charge in [-0.05, 0) is 49.7 Å². The number of nitrogens with zero attached hydrogens (tertiary/aromatic N) is 7. The zero-order chi connectivity index (χ0) is 29.1. The van der Waals surface area contributed by atoms with Gasteiger partial charge < -0.3 is 24.9 Å². The predicted molar refractivity (Wildman–Crippen MR) is 154 cm³/mol. The van der Waals surface area contributed by atoms with Crippen LogP contribution in [0.1, 0.15) is 23.2 Å². The lowest BCUT2D eigenvalue weighted by atomic mass is 9.72. The molecule has 3 aromatic heterocycles. The van der Waals surface area contributed by atoms with Crippen LogP contribution in [0.15, 0.2) is 36.4 Å². The third-order valence-electron chi connectivity index (χ3n) is 7.97. The smallest absolute Gasteiger partial charge is 0.253 e. The maximum atomic E-state index is 13.5. The summed E-state index contributed by atoms with van der Waals surface area (Å²) in [5.41, 5.74) is 5.99. The van der Waals surface area contributed by atoms with E-state index >= 15 is 0 Å². The van der Waals surface area contributed by atoms with Crippen LogP contribution < -0.4 is 9.80 Å². The molecule has 2 aliphatic heterocycles. The molecule has 41 heavy (non-hydrogen) atoms. The van der Waals surface area contributed by atoms with Crippen molar-refractivity contribution in [2.45, 2.75) is 26.4 Å². The molecule has 2 saturated heterocycles. The Bertz CT molecular complexity index is 1680. The van der Waals surface area contributed by atoms with Crippen molar-refractivity contribution in [3.63, 3.8) is 0 Å². The van der Waals surface area contributed by atoms with Gasteiger partial charge in [0.1, 0.15) is 22.5 Å². The van der Waals surface area contributed by atoms with Gasteiger partial charge in [-0.2, -0.15) is 10.4 Å². The summed E-state index contributed by atoms with van der Waals surface area (Å²) in [6.07, 6.45) is -0.652. The quantitative estimate of drug-likeness (QED) is 0.345. The third kappa shape index (κ3) is 4.50. The molecule has 5 heterocycles. The third-order valence-corrected chi connectivity index (χ3v) is 9.01. The molecule has 1 atom stereocenters. The zero-order valence-corrected chi connectivity index (χ0v) is 23.8. The van der Waals surface area contributed by atoms with Gasteiger partial charge in [0, 0.05) is 55.6 Å². The first-order chi connectivity index (χ1) is 19.7. The summed E-state index contributed by atoms with van der Waals surface area (Å²) in [5.74, 6) is -0.765. The van der Waals surface area contributed by atoms with E-state index in [1.807, 2.05) is 23.4 Å². The van der Waals surface area contributed by atoms with E-state index in [0.717, 1.165) is 41.4 Å². The van der Waals surface area contributed by atoms with Crippen molar-refractivity contribution in [1.29, 1.82) is 5.26 Å². The van der Waals surface area contributed by atoms with Crippen molar-refractivity contribution in [3.05, 3.63) is 58.5 Å². The predicted octanol–water partition coefficient (Wildman–Crippen LogP) is 3.11. The van der Waals surface area contributed by atoms with E-state index in [4.69, 9.17) is 15.2 Å². The second kappa shape index (κ2) is 10.1. The van der Waals surface area contributed by atoms with E-state index in [1.165, 1.54) is 23.5 Å². The lowest BCUT2D eigenvalue weighted by Crippen LogP contribution is -2.74. The molecule has 0 bridgehead atoms. The van der Waals surface area contributed by atoms with Crippen molar-refractivity contribution >= 4 is 39.3 Å². The van der Waals surface area contributed by atoms with Crippen molar-refractivity contribution in [2.75, 3.05) is 49.6 Å². The first-order valence-electron chi connectivity index (χ1n) is 13.4. The van der Waals surface area contributed by atoms with Crippen LogP contribution in [0.5, 0.6) is 0 Å². The standard InChI is InChI=1S/C29H30FN7O3S/c1-4-21-26(34(3)28-32-25(24(11-31)41-28)18-5-7-19(30)8-6-18)22-10-20(9-17(2)37(22)33-21)35-13-29(14-35)15-36(16-29)27(40)23(39)12-38/h5-10,23,38-39H,4,12-16H2,1-3H3/t23-/m0/s1. The summed E-state index contributed by atoms with van der Waals surface area (Å²) in [6.45, 7) is 6.24. The number of hydrogen-bond acceptors (Lipinski definition) is 9. The lowest BCUT2D eigenvalue weighted by molar-refractivity contribution is -0.156. The number of rotatable bonds is 7. The highest BCUT2D eigenvalue weighted by Crippen LogP contribution is 2.44. The minimum Gasteiger partial charge on any atom is -0.393 e. The number of nitriles is 1. The maximum absolute atomic E-state index is 13.5. The Hall–Kier alpha value is -4.05. The molecule has 1 aromatic carbocycles. The van der Waals surface area contributed by atoms with E-state index in [9.17, 15) is 19.6 Å². The number of aromatic nitrogens is 3. The number of likely N-dealkylation sites (tertiary alicyclic amines) is 1. The fraction of sp³-hybridized carbons (Fsp3) is 0.379. The van der Waals surface area contributed by atoms with E-state index in [0.29, 0.717) is 40.8 Å². The number of pyridine rings is 1. The molecular weight excluding hydrogens is 545 g/mol. The van der Waals surface area contributed by atoms with Crippen molar-refractivity contribution in [3.8, 4) is 17.3 Å². The fourth-order valence-corrected chi connectivity index (χ4v) is 6.75. The van der Waals surface area contributed by atoms with Crippen LogP contribution in [-0.2, 0) is 11.2 Å². The van der Waals surface area contributed by atoms with Crippen LogP contribution in [0.4, 0.5) is 20.9 Å². The first-order valence-corrected chi connectivity index (χ1v) is 14.2. The SMILES string of the molecule is CCc1nn2c(C)cc(N3CC4(CN(C(=O)[C@@H](O)CO)C4)C3)cc2c1N(C)c1nc(-c2ccc(F)cc2)c(C#N)s1. The number of aliphatic hydroxyl groups is 2. The molecule has 0 radical (unpaired) electrons. The molecular formula is C29H30FN7O3S. The highest BCUT2D eigenvalue weighted by Gasteiger charge is 2.53. The zero-order valence-electron chi connectivity index (χ0n) is 23.0. The van der Waals surface area contributed by atoms with Crippen LogP contribution in [0.25, 0.3) is 16.8 Å². The van der Waals surface area contributed by atoms with Gasteiger partial charge in [-0.3, -0.25) is 4.79 Å². The summed E-state index contributed by atoms with van der Waals surface area (Å²) in [4.78, 5) is 23.3. The molecule has 10 nitrogen and oxygen atoms in total. The highest BCUT2D eigenvalue weighted by atomic mass is 32.1. The van der Waals surface area contributed by atoms with Crippen molar-refractivity contribution in [2.24, 2.45) is 5.41 Å². The molecule has 12 heteroatoms. The van der Waals surface area contributed by atoms with Crippen LogP contribution in [0, 0.1) is 29.5 Å². The summed E-state index contributed by atoms with van der Waals surface area (Å²) < 4.78 is 15.4. The summed E-state index contributed by atoms with van der Waals surface area (Å²) in [5, 5.41) is 34.1. The normalized spacial score (nSPS) is 16.4. The largest absolute Gasteiger partial charge is 0.393 e. The number of benzene rings is 1. The number of halogens is 1. The number of hydrogen-bond donors (Lipinski definition) is 2. The Morgan fingerprint density at radius 2 is 1.95 bits per heavy atom. The lowest BCUT2D eigenvalue weighted by Gasteiger charge is -2.61. The van der Waals surface area contributed by atoms with E-state index in [2.05, 4.69) is 30.0 Å². The molecule has 2 fully saturated rings. The monoisotopic (exact) mass is 575 g/mol. The number of carbonyl (C=O) groups excluding carboxylic acids is 1. The van der Waals surface area contributed by atoms with Gasteiger partial charge in [0.05, 0.1) is 23.5 Å². The van der Waals surface area contributed by atoms with E-state index < -0.39 is 18.6 Å². The number of amides is 1. The molecule has 212 valence electrons. The number of aliphatic hydroxyl groups excluding tert-OH is 2. The van der Waals surface area contributed by atoms with E-state index in [-0.39, 0.29) is 11.2 Å². The minimum absolute atomic E-state index is 0.00461. The first kappa shape index (κ1) is 27.1. The summed E-state index contributed by atoms with van der Waals surface area (Å²) in [6, 6.07) is 12.4. The molecule has 6 rings (SSSR count). The summed E-state index contributed by atoms with van der Waals surface area (Å²) >= 11 is 1.29. The maximum Gasteiger partial charge on any atom is 0.253 e. The van der Waals surface area contributed by atoms with Gasteiger partial charge in [0.2, 0.25) is 0 Å². The average Bonchev–Trinajstić information content (AvgIpc) is 3.53. The van der Waals surface area contributed by atoms with Crippen LogP contribution in [-0.4, -0.2) is 81.6 Å². The van der Waals surface area contributed by atoms with E-state index in [1.54, 1.807) is 17.0 Å². The Kier molecular flexibility index (Phi) is 6.68. The number of thiazole rings is 1. The molecule has 2 aliphatic rings. The van der Waals surface area contributed by atoms with Crippen LogP contribution >= 0.6 is 11.3 Å². The fourth-order valence-electron chi connectivity index (χ4n) is 5.89. The molecule has 4 aromatic rings. The van der Waals surface area contributed by atoms with Crippen LogP contribution in [0.3, 0.4) is 0 Å². The highest BCUT2D eigenvalue weighted by molar-refractivity contribution is 7.16. The molecule has 0 saturated carbocycles. The Balaban J connectivity index is 1.29. The van der Waals surface area contributed by atoms with Gasteiger partial charge in [-0.1, -0.05) is 18.3 Å². The molecule has 0 aliphatic carbocycles. The number of carbonyl (C=O) groups is 1. The molecule has 0 unspecified atom stereocenters. The average molecular weight is 576 g/mol. The van der Waals surface area contributed by atoms with Crippen molar-refractivity contribution in [1.82, 2.24) is 19.5 Å². The van der Waals surface area contributed by atoms with Gasteiger partial charge in [-0.15, -0.1) is 0 Å². The topological polar surface area (TPSA) is 121 Å². The second-order valence-corrected chi connectivity index (χ2v) is 11.9. The molecule has 1 spiro atoms. The van der Waals surface area contributed by atoms with Gasteiger partial charge in [0.25, 0.3) is 5.91 Å². The molecule has 2 N–H and O–H groups in total. The number of anilines is 3. The Labute approximate surface area is 240 Å². The number of aryl methyl sites for hydroxylation is 2. The second-order valence-electron chi connectivity index (χ2n) is 10.9. The van der Waals surface area contributed by atoms with Crippen molar-refractivity contribution < 1.29 is 19.4 Å². The molecule has 1 amide bonds. The minimum atomic E-state index is -1.35. The Morgan fingerprint density at radius 3 is 2.59 bits per heavy atom. The Morgan fingerprint density at radius 1 is 1.24 bits per heavy atom. The number of fused-ring (bicyclic) bond motifs is 1. The van der Waals surface area contributed by atoms with Gasteiger partial charge in [0.15, 0.2) is 11.2 Å². The van der Waals surface area contributed by atoms with Gasteiger partial charge in [-0.25, -0.2) is 13.9 Å². The van der Waals surface area contributed by atoms with Gasteiger partial charge >= 0.3 is 0 Å². The van der Waals surface area contributed by atoms with Crippen LogP contribution in [0.2, 0.25) is 0 Å².